The standard InChI is InChI=1S/C15H19NO5/c1-7(17)13-11-4-3-10(16(19)20)5-9(11)6-12-14(13)8(2)21-15(12)18/h6,8,10-14H,3-5H2,1-2H3/t8-,10?,11-,12-,13+,14-/m1/s1. The molecule has 114 valence electrons. The van der Waals surface area contributed by atoms with Crippen LogP contribution in [0.2, 0.25) is 0 Å². The van der Waals surface area contributed by atoms with Crippen LogP contribution in [0, 0.1) is 33.8 Å². The molecule has 6 atom stereocenters. The summed E-state index contributed by atoms with van der Waals surface area (Å²) in [6, 6.07) is -0.591. The number of ether oxygens (including phenoxy) is 1. The first-order chi connectivity index (χ1) is 9.90. The molecule has 0 radical (unpaired) electrons. The van der Waals surface area contributed by atoms with E-state index in [4.69, 9.17) is 4.74 Å². The molecular formula is C15H19NO5. The Morgan fingerprint density at radius 1 is 1.43 bits per heavy atom. The monoisotopic (exact) mass is 293 g/mol. The van der Waals surface area contributed by atoms with Crippen molar-refractivity contribution in [2.75, 3.05) is 0 Å². The Bertz CT molecular complexity index is 540. The van der Waals surface area contributed by atoms with Gasteiger partial charge in [0.25, 0.3) is 0 Å². The smallest absolute Gasteiger partial charge is 0.313 e. The van der Waals surface area contributed by atoms with Crippen LogP contribution in [0.5, 0.6) is 0 Å². The predicted octanol–water partition coefficient (Wildman–Crippen LogP) is 1.75. The Hall–Kier alpha value is -1.72. The number of cyclic esters (lactones) is 1. The lowest BCUT2D eigenvalue weighted by Gasteiger charge is -2.40. The van der Waals surface area contributed by atoms with Crippen LogP contribution in [0.3, 0.4) is 0 Å². The van der Waals surface area contributed by atoms with Crippen molar-refractivity contribution in [1.82, 2.24) is 0 Å². The van der Waals surface area contributed by atoms with Crippen LogP contribution in [0.4, 0.5) is 0 Å². The number of nitro groups is 1. The third kappa shape index (κ3) is 2.17. The molecule has 21 heavy (non-hydrogen) atoms. The van der Waals surface area contributed by atoms with Crippen LogP contribution < -0.4 is 0 Å². The van der Waals surface area contributed by atoms with Crippen molar-refractivity contribution in [1.29, 1.82) is 0 Å². The van der Waals surface area contributed by atoms with Gasteiger partial charge < -0.3 is 4.74 Å². The minimum atomic E-state index is -0.591. The highest BCUT2D eigenvalue weighted by atomic mass is 16.6. The third-order valence-electron chi connectivity index (χ3n) is 5.30. The van der Waals surface area contributed by atoms with Crippen LogP contribution in [0.1, 0.15) is 33.1 Å². The molecule has 1 saturated carbocycles. The maximum absolute atomic E-state index is 12.1. The highest BCUT2D eigenvalue weighted by Gasteiger charge is 2.54. The summed E-state index contributed by atoms with van der Waals surface area (Å²) < 4.78 is 5.30. The number of ketones is 1. The number of hydrogen-bond donors (Lipinski definition) is 0. The van der Waals surface area contributed by atoms with E-state index in [1.54, 1.807) is 6.92 Å². The number of nitrogens with zero attached hydrogens (tertiary/aromatic N) is 1. The maximum atomic E-state index is 12.1. The van der Waals surface area contributed by atoms with E-state index in [1.165, 1.54) is 0 Å². The average Bonchev–Trinajstić information content (AvgIpc) is 2.70. The fourth-order valence-corrected chi connectivity index (χ4v) is 4.40. The van der Waals surface area contributed by atoms with Gasteiger partial charge in [0, 0.05) is 29.6 Å². The van der Waals surface area contributed by atoms with Crippen LogP contribution in [-0.4, -0.2) is 28.8 Å². The van der Waals surface area contributed by atoms with Gasteiger partial charge in [-0.3, -0.25) is 19.7 Å². The number of esters is 1. The Balaban J connectivity index is 1.98. The molecule has 6 heteroatoms. The highest BCUT2D eigenvalue weighted by Crippen LogP contribution is 2.50. The first kappa shape index (κ1) is 14.2. The van der Waals surface area contributed by atoms with Crippen molar-refractivity contribution < 1.29 is 19.2 Å². The van der Waals surface area contributed by atoms with Gasteiger partial charge in [-0.1, -0.05) is 11.6 Å². The van der Waals surface area contributed by atoms with Crippen LogP contribution in [-0.2, 0) is 14.3 Å². The third-order valence-corrected chi connectivity index (χ3v) is 5.30. The number of fused-ring (bicyclic) bond motifs is 2. The van der Waals surface area contributed by atoms with Crippen molar-refractivity contribution in [3.63, 3.8) is 0 Å². The summed E-state index contributed by atoms with van der Waals surface area (Å²) in [5.74, 6) is -0.971. The average molecular weight is 293 g/mol. The lowest BCUT2D eigenvalue weighted by Crippen LogP contribution is -2.43. The first-order valence-corrected chi connectivity index (χ1v) is 7.45. The molecule has 0 spiro atoms. The molecule has 6 nitrogen and oxygen atoms in total. The lowest BCUT2D eigenvalue weighted by molar-refractivity contribution is -0.524. The van der Waals surface area contributed by atoms with Gasteiger partial charge in [-0.15, -0.1) is 0 Å². The first-order valence-electron chi connectivity index (χ1n) is 7.45. The summed E-state index contributed by atoms with van der Waals surface area (Å²) in [5, 5.41) is 11.0. The molecule has 2 fully saturated rings. The lowest BCUT2D eigenvalue weighted by atomic mass is 9.61. The molecule has 0 aromatic carbocycles. The van der Waals surface area contributed by atoms with Crippen molar-refractivity contribution >= 4 is 11.8 Å². The Kier molecular flexibility index (Phi) is 3.34. The van der Waals surface area contributed by atoms with Crippen LogP contribution >= 0.6 is 0 Å². The number of rotatable bonds is 2. The molecule has 0 bridgehead atoms. The van der Waals surface area contributed by atoms with E-state index >= 15 is 0 Å². The van der Waals surface area contributed by atoms with Crippen LogP contribution in [0.25, 0.3) is 0 Å². The Morgan fingerprint density at radius 2 is 2.14 bits per heavy atom. The van der Waals surface area contributed by atoms with E-state index < -0.39 is 12.0 Å². The fourth-order valence-electron chi connectivity index (χ4n) is 4.40. The zero-order valence-corrected chi connectivity index (χ0v) is 12.2. The zero-order chi connectivity index (χ0) is 15.3. The Labute approximate surface area is 122 Å². The molecule has 0 amide bonds. The molecule has 3 rings (SSSR count). The van der Waals surface area contributed by atoms with E-state index in [9.17, 15) is 19.7 Å². The zero-order valence-electron chi connectivity index (χ0n) is 12.2. The topological polar surface area (TPSA) is 86.5 Å². The second kappa shape index (κ2) is 4.93. The van der Waals surface area contributed by atoms with Crippen molar-refractivity contribution in [3.8, 4) is 0 Å². The van der Waals surface area contributed by atoms with E-state index in [0.717, 1.165) is 5.57 Å². The maximum Gasteiger partial charge on any atom is 0.313 e. The van der Waals surface area contributed by atoms with Crippen molar-refractivity contribution in [3.05, 3.63) is 21.8 Å². The van der Waals surface area contributed by atoms with Gasteiger partial charge in [0.2, 0.25) is 6.04 Å². The molecule has 1 aliphatic heterocycles. The minimum Gasteiger partial charge on any atom is -0.462 e. The summed E-state index contributed by atoms with van der Waals surface area (Å²) in [5.41, 5.74) is 0.912. The van der Waals surface area contributed by atoms with E-state index in [1.807, 2.05) is 13.0 Å². The van der Waals surface area contributed by atoms with Crippen molar-refractivity contribution in [2.45, 2.75) is 45.3 Å². The largest absolute Gasteiger partial charge is 0.462 e. The Morgan fingerprint density at radius 3 is 2.76 bits per heavy atom. The molecule has 0 N–H and O–H groups in total. The number of Topliss-reactive ketones (excluding diaryl/α,β-unsaturated/α-hetero) is 1. The second-order valence-electron chi connectivity index (χ2n) is 6.45. The minimum absolute atomic E-state index is 0.0388. The van der Waals surface area contributed by atoms with Crippen LogP contribution in [0.15, 0.2) is 11.6 Å². The molecule has 0 aromatic rings. The van der Waals surface area contributed by atoms with E-state index in [0.29, 0.717) is 19.3 Å². The fraction of sp³-hybridized carbons (Fsp3) is 0.733. The molecule has 1 unspecified atom stereocenters. The summed E-state index contributed by atoms with van der Waals surface area (Å²) >= 11 is 0. The number of carbonyl (C=O) groups excluding carboxylic acids is 2. The quantitative estimate of drug-likeness (QED) is 0.335. The van der Waals surface area contributed by atoms with E-state index in [-0.39, 0.29) is 40.5 Å². The number of hydrogen-bond acceptors (Lipinski definition) is 5. The van der Waals surface area contributed by atoms with Crippen molar-refractivity contribution in [2.24, 2.45) is 23.7 Å². The second-order valence-corrected chi connectivity index (χ2v) is 6.45. The molecule has 1 heterocycles. The summed E-state index contributed by atoms with van der Waals surface area (Å²) in [7, 11) is 0. The number of carbonyl (C=O) groups is 2. The highest BCUT2D eigenvalue weighted by molar-refractivity contribution is 5.84. The molecule has 0 aromatic heterocycles. The van der Waals surface area contributed by atoms with Gasteiger partial charge in [0.1, 0.15) is 11.9 Å². The van der Waals surface area contributed by atoms with E-state index in [2.05, 4.69) is 0 Å². The molecule has 3 aliphatic rings. The molecule has 1 saturated heterocycles. The van der Waals surface area contributed by atoms with Gasteiger partial charge in [0.15, 0.2) is 0 Å². The normalized spacial score (nSPS) is 41.6. The van der Waals surface area contributed by atoms with Gasteiger partial charge in [-0.25, -0.2) is 0 Å². The summed E-state index contributed by atoms with van der Waals surface area (Å²) in [6.07, 6.45) is 3.09. The SMILES string of the molecule is CC(=O)[C@@H]1[C@@H]2[C@@H](C)OC(=O)[C@@H]2C=C2CC([N+](=O)[O-])CC[C@H]21. The predicted molar refractivity (Wildman–Crippen MR) is 72.9 cm³/mol. The van der Waals surface area contributed by atoms with Gasteiger partial charge >= 0.3 is 5.97 Å². The van der Waals surface area contributed by atoms with Gasteiger partial charge in [-0.05, 0) is 26.2 Å². The van der Waals surface area contributed by atoms with Gasteiger partial charge in [-0.2, -0.15) is 0 Å². The van der Waals surface area contributed by atoms with Gasteiger partial charge in [0.05, 0.1) is 5.92 Å². The molecular weight excluding hydrogens is 274 g/mol. The summed E-state index contributed by atoms with van der Waals surface area (Å²) in [6.45, 7) is 3.39. The molecule has 2 aliphatic carbocycles. The summed E-state index contributed by atoms with van der Waals surface area (Å²) in [4.78, 5) is 34.9.